The predicted octanol–water partition coefficient (Wildman–Crippen LogP) is 3.54. The summed E-state index contributed by atoms with van der Waals surface area (Å²) in [5, 5.41) is 3.56. The largest absolute Gasteiger partial charge is 0.304 e. The van der Waals surface area contributed by atoms with Crippen molar-refractivity contribution >= 4 is 33.0 Å². The maximum atomic E-state index is 12.3. The minimum absolute atomic E-state index is 0.110. The first-order chi connectivity index (χ1) is 8.72. The Morgan fingerprint density at radius 1 is 1.39 bits per heavy atom. The van der Waals surface area contributed by atoms with Crippen LogP contribution >= 0.6 is 27.3 Å². The van der Waals surface area contributed by atoms with Crippen molar-refractivity contribution in [3.8, 4) is 0 Å². The number of carbonyl (C=O) groups is 1. The van der Waals surface area contributed by atoms with Crippen LogP contribution in [0.3, 0.4) is 0 Å². The van der Waals surface area contributed by atoms with Crippen molar-refractivity contribution in [2.75, 3.05) is 0 Å². The Balaban J connectivity index is 1.60. The third-order valence-corrected chi connectivity index (χ3v) is 5.85. The van der Waals surface area contributed by atoms with Gasteiger partial charge in [-0.25, -0.2) is 0 Å². The van der Waals surface area contributed by atoms with Crippen LogP contribution in [-0.2, 0) is 11.2 Å². The topological polar surface area (TPSA) is 29.1 Å². The van der Waals surface area contributed by atoms with Gasteiger partial charge in [-0.1, -0.05) is 12.8 Å². The van der Waals surface area contributed by atoms with Gasteiger partial charge >= 0.3 is 0 Å². The van der Waals surface area contributed by atoms with Gasteiger partial charge in [-0.3, -0.25) is 4.79 Å². The van der Waals surface area contributed by atoms with Gasteiger partial charge in [0.2, 0.25) is 0 Å². The van der Waals surface area contributed by atoms with Crippen molar-refractivity contribution in [2.45, 2.75) is 50.6 Å². The second-order valence-corrected chi connectivity index (χ2v) is 8.00. The molecule has 0 bridgehead atoms. The zero-order chi connectivity index (χ0) is 12.5. The Labute approximate surface area is 120 Å². The number of rotatable bonds is 3. The molecule has 4 heteroatoms. The molecule has 0 amide bonds. The summed E-state index contributed by atoms with van der Waals surface area (Å²) in [6.45, 7) is 0. The number of fused-ring (bicyclic) bond motifs is 1. The van der Waals surface area contributed by atoms with Gasteiger partial charge in [-0.15, -0.1) is 11.3 Å². The molecule has 1 aliphatic heterocycles. The van der Waals surface area contributed by atoms with E-state index in [0.717, 1.165) is 16.1 Å². The van der Waals surface area contributed by atoms with Gasteiger partial charge in [0.1, 0.15) is 0 Å². The highest BCUT2D eigenvalue weighted by Gasteiger charge is 2.37. The Bertz CT molecular complexity index is 431. The highest BCUT2D eigenvalue weighted by Crippen LogP contribution is 2.34. The first-order valence-corrected chi connectivity index (χ1v) is 8.36. The standard InChI is InChI=1S/C14H18BrNOS/c15-14-6-5-10(18-14)8-13(17)12-7-9-3-1-2-4-11(9)16-12/h5-6,9,11-12,16H,1-4,7-8H2. The van der Waals surface area contributed by atoms with E-state index in [0.29, 0.717) is 18.2 Å². The maximum Gasteiger partial charge on any atom is 0.154 e. The van der Waals surface area contributed by atoms with Gasteiger partial charge in [0.25, 0.3) is 0 Å². The molecule has 1 aromatic rings. The molecule has 2 nitrogen and oxygen atoms in total. The lowest BCUT2D eigenvalue weighted by Crippen LogP contribution is -2.37. The smallest absolute Gasteiger partial charge is 0.154 e. The SMILES string of the molecule is O=C(Cc1ccc(Br)s1)C1CC2CCCCC2N1. The van der Waals surface area contributed by atoms with E-state index in [-0.39, 0.29) is 6.04 Å². The number of hydrogen-bond acceptors (Lipinski definition) is 3. The molecule has 1 aliphatic carbocycles. The van der Waals surface area contributed by atoms with E-state index in [1.165, 1.54) is 30.6 Å². The van der Waals surface area contributed by atoms with E-state index in [1.807, 2.05) is 6.07 Å². The summed E-state index contributed by atoms with van der Waals surface area (Å²) in [5.41, 5.74) is 0. The molecule has 3 atom stereocenters. The number of hydrogen-bond donors (Lipinski definition) is 1. The van der Waals surface area contributed by atoms with E-state index in [9.17, 15) is 4.79 Å². The third-order valence-electron chi connectivity index (χ3n) is 4.23. The first kappa shape index (κ1) is 12.8. The minimum atomic E-state index is 0.110. The second kappa shape index (κ2) is 5.43. The van der Waals surface area contributed by atoms with Crippen LogP contribution in [0.1, 0.15) is 37.0 Å². The summed E-state index contributed by atoms with van der Waals surface area (Å²) in [6, 6.07) is 4.80. The molecule has 18 heavy (non-hydrogen) atoms. The van der Waals surface area contributed by atoms with Crippen LogP contribution in [0.4, 0.5) is 0 Å². The van der Waals surface area contributed by atoms with Crippen molar-refractivity contribution in [2.24, 2.45) is 5.92 Å². The summed E-state index contributed by atoms with van der Waals surface area (Å²) >= 11 is 5.12. The quantitative estimate of drug-likeness (QED) is 0.919. The fourth-order valence-corrected chi connectivity index (χ4v) is 4.80. The van der Waals surface area contributed by atoms with Crippen molar-refractivity contribution in [3.05, 3.63) is 20.8 Å². The Kier molecular flexibility index (Phi) is 3.87. The van der Waals surface area contributed by atoms with Gasteiger partial charge in [0.15, 0.2) is 5.78 Å². The Morgan fingerprint density at radius 2 is 2.22 bits per heavy atom. The molecule has 98 valence electrons. The molecule has 3 rings (SSSR count). The lowest BCUT2D eigenvalue weighted by molar-refractivity contribution is -0.120. The van der Waals surface area contributed by atoms with E-state index in [1.54, 1.807) is 11.3 Å². The molecule has 1 N–H and O–H groups in total. The molecule has 0 radical (unpaired) electrons. The normalized spacial score (nSPS) is 31.3. The highest BCUT2D eigenvalue weighted by atomic mass is 79.9. The molecule has 1 aromatic heterocycles. The molecular weight excluding hydrogens is 310 g/mol. The number of nitrogens with one attached hydrogen (secondary N) is 1. The van der Waals surface area contributed by atoms with E-state index in [2.05, 4.69) is 27.3 Å². The molecule has 0 aromatic carbocycles. The van der Waals surface area contributed by atoms with E-state index in [4.69, 9.17) is 0 Å². The lowest BCUT2D eigenvalue weighted by Gasteiger charge is -2.24. The number of ketones is 1. The fraction of sp³-hybridized carbons (Fsp3) is 0.643. The van der Waals surface area contributed by atoms with Crippen molar-refractivity contribution < 1.29 is 4.79 Å². The van der Waals surface area contributed by atoms with E-state index < -0.39 is 0 Å². The van der Waals surface area contributed by atoms with Gasteiger partial charge < -0.3 is 5.32 Å². The summed E-state index contributed by atoms with van der Waals surface area (Å²) in [7, 11) is 0. The monoisotopic (exact) mass is 327 g/mol. The highest BCUT2D eigenvalue weighted by molar-refractivity contribution is 9.11. The van der Waals surface area contributed by atoms with Crippen molar-refractivity contribution in [1.82, 2.24) is 5.32 Å². The molecule has 1 saturated heterocycles. The number of carbonyl (C=O) groups excluding carboxylic acids is 1. The molecule has 2 aliphatic rings. The van der Waals surface area contributed by atoms with Gasteiger partial charge in [-0.2, -0.15) is 0 Å². The Hall–Kier alpha value is -0.190. The molecule has 2 heterocycles. The molecular formula is C14H18BrNOS. The number of Topliss-reactive ketones (excluding diaryl/α,β-unsaturated/α-hetero) is 1. The second-order valence-electron chi connectivity index (χ2n) is 5.45. The fourth-order valence-electron chi connectivity index (χ4n) is 3.30. The van der Waals surface area contributed by atoms with Crippen LogP contribution in [-0.4, -0.2) is 17.9 Å². The predicted molar refractivity (Wildman–Crippen MR) is 78.0 cm³/mol. The summed E-state index contributed by atoms with van der Waals surface area (Å²) in [5.74, 6) is 1.13. The summed E-state index contributed by atoms with van der Waals surface area (Å²) in [6.07, 6.45) is 6.91. The number of halogens is 1. The van der Waals surface area contributed by atoms with Crippen LogP contribution in [0, 0.1) is 5.92 Å². The van der Waals surface area contributed by atoms with E-state index >= 15 is 0 Å². The number of thiophene rings is 1. The van der Waals surface area contributed by atoms with Crippen LogP contribution in [0.15, 0.2) is 15.9 Å². The summed E-state index contributed by atoms with van der Waals surface area (Å²) < 4.78 is 1.11. The van der Waals surface area contributed by atoms with Crippen LogP contribution in [0.5, 0.6) is 0 Å². The molecule has 3 unspecified atom stereocenters. The van der Waals surface area contributed by atoms with Crippen molar-refractivity contribution in [1.29, 1.82) is 0 Å². The Morgan fingerprint density at radius 3 is 2.94 bits per heavy atom. The molecule has 2 fully saturated rings. The van der Waals surface area contributed by atoms with Crippen molar-refractivity contribution in [3.63, 3.8) is 0 Å². The van der Waals surface area contributed by atoms with Crippen LogP contribution in [0.25, 0.3) is 0 Å². The molecule has 1 saturated carbocycles. The zero-order valence-corrected chi connectivity index (χ0v) is 12.7. The van der Waals surface area contributed by atoms with Gasteiger partial charge in [-0.05, 0) is 53.2 Å². The maximum absolute atomic E-state index is 12.3. The van der Waals surface area contributed by atoms with Gasteiger partial charge in [0.05, 0.1) is 9.83 Å². The third kappa shape index (κ3) is 2.70. The average Bonchev–Trinajstić information content (AvgIpc) is 2.95. The first-order valence-electron chi connectivity index (χ1n) is 6.75. The van der Waals surface area contributed by atoms with Crippen LogP contribution in [0.2, 0.25) is 0 Å². The minimum Gasteiger partial charge on any atom is -0.304 e. The summed E-state index contributed by atoms with van der Waals surface area (Å²) in [4.78, 5) is 13.5. The van der Waals surface area contributed by atoms with Crippen LogP contribution < -0.4 is 5.32 Å². The average molecular weight is 328 g/mol. The van der Waals surface area contributed by atoms with Gasteiger partial charge in [0, 0.05) is 17.3 Å². The zero-order valence-electron chi connectivity index (χ0n) is 10.3. The lowest BCUT2D eigenvalue weighted by atomic mass is 9.84. The molecule has 0 spiro atoms.